The van der Waals surface area contributed by atoms with Crippen LogP contribution in [0.3, 0.4) is 0 Å². The summed E-state index contributed by atoms with van der Waals surface area (Å²) in [6.45, 7) is 3.50. The molecule has 100 valence electrons. The van der Waals surface area contributed by atoms with E-state index in [0.29, 0.717) is 17.2 Å². The second kappa shape index (κ2) is 10.3. The number of nitrogens with one attached hydrogen (secondary N) is 1. The summed E-state index contributed by atoms with van der Waals surface area (Å²) >= 11 is 2.80. The Morgan fingerprint density at radius 3 is 2.37 bits per heavy atom. The van der Waals surface area contributed by atoms with Crippen LogP contribution >= 0.6 is 23.5 Å². The highest BCUT2D eigenvalue weighted by Crippen LogP contribution is 2.22. The zero-order valence-electron chi connectivity index (χ0n) is 10.3. The van der Waals surface area contributed by atoms with Gasteiger partial charge in [0.1, 0.15) is 0 Å². The van der Waals surface area contributed by atoms with E-state index in [2.05, 4.69) is 12.6 Å². The standard InChI is InChI=1S/C11H14N4S2.CHN/c12-4-10-8(5-16-7-13)2-1-3-9(10)6-17-11(14)15;1-2/h1-3H,5-7,13H2,(H3,14,15);1H. The summed E-state index contributed by atoms with van der Waals surface area (Å²) in [5.41, 5.74) is 13.3. The van der Waals surface area contributed by atoms with Crippen molar-refractivity contribution in [3.63, 3.8) is 0 Å². The van der Waals surface area contributed by atoms with E-state index in [9.17, 15) is 5.26 Å². The van der Waals surface area contributed by atoms with Crippen molar-refractivity contribution in [1.82, 2.24) is 0 Å². The summed E-state index contributed by atoms with van der Waals surface area (Å²) < 4.78 is 0. The Bertz CT molecular complexity index is 479. The fraction of sp³-hybridized carbons (Fsp3) is 0.250. The normalized spacial score (nSPS) is 8.95. The van der Waals surface area contributed by atoms with Gasteiger partial charge >= 0.3 is 0 Å². The number of hydrogen-bond acceptors (Lipinski definition) is 6. The summed E-state index contributed by atoms with van der Waals surface area (Å²) in [7, 11) is 0. The molecule has 0 bridgehead atoms. The fourth-order valence-corrected chi connectivity index (χ4v) is 2.49. The molecule has 1 rings (SSSR count). The van der Waals surface area contributed by atoms with Gasteiger partial charge in [-0.2, -0.15) is 5.26 Å². The molecule has 0 aliphatic carbocycles. The van der Waals surface area contributed by atoms with E-state index >= 15 is 0 Å². The molecule has 0 unspecified atom stereocenters. The van der Waals surface area contributed by atoms with Gasteiger partial charge in [-0.15, -0.1) is 11.8 Å². The zero-order valence-corrected chi connectivity index (χ0v) is 11.9. The van der Waals surface area contributed by atoms with Gasteiger partial charge in [-0.25, -0.2) is 5.26 Å². The molecule has 19 heavy (non-hydrogen) atoms. The Labute approximate surface area is 121 Å². The van der Waals surface area contributed by atoms with Crippen molar-refractivity contribution < 1.29 is 0 Å². The molecular weight excluding hydrogens is 278 g/mol. The zero-order chi connectivity index (χ0) is 14.7. The van der Waals surface area contributed by atoms with E-state index in [4.69, 9.17) is 22.1 Å². The lowest BCUT2D eigenvalue weighted by Gasteiger charge is -2.08. The molecular formula is C12H15N5S2. The second-order valence-corrected chi connectivity index (χ2v) is 5.28. The first-order chi connectivity index (χ1) is 9.19. The largest absolute Gasteiger partial charge is 0.379 e. The highest BCUT2D eigenvalue weighted by atomic mass is 32.2. The van der Waals surface area contributed by atoms with Crippen LogP contribution in [0.5, 0.6) is 0 Å². The molecule has 0 aromatic heterocycles. The maximum absolute atomic E-state index is 9.18. The topological polar surface area (TPSA) is 123 Å². The van der Waals surface area contributed by atoms with Gasteiger partial charge in [0.05, 0.1) is 11.6 Å². The van der Waals surface area contributed by atoms with Crippen LogP contribution in [0.2, 0.25) is 0 Å². The van der Waals surface area contributed by atoms with Crippen molar-refractivity contribution in [1.29, 1.82) is 15.9 Å². The monoisotopic (exact) mass is 293 g/mol. The highest BCUT2D eigenvalue weighted by molar-refractivity contribution is 8.13. The van der Waals surface area contributed by atoms with Crippen LogP contribution in [0.4, 0.5) is 0 Å². The minimum atomic E-state index is 0.0654. The molecule has 0 heterocycles. The van der Waals surface area contributed by atoms with Gasteiger partial charge in [-0.05, 0) is 11.1 Å². The van der Waals surface area contributed by atoms with Crippen LogP contribution in [0.25, 0.3) is 0 Å². The maximum atomic E-state index is 9.18. The number of hydrogen-bond donors (Lipinski definition) is 3. The van der Waals surface area contributed by atoms with Gasteiger partial charge in [0.2, 0.25) is 0 Å². The molecule has 5 nitrogen and oxygen atoms in total. The number of benzene rings is 1. The fourth-order valence-electron chi connectivity index (χ4n) is 1.36. The van der Waals surface area contributed by atoms with Crippen LogP contribution in [0.1, 0.15) is 16.7 Å². The third kappa shape index (κ3) is 6.16. The number of nitrogens with zero attached hydrogens (tertiary/aromatic N) is 2. The van der Waals surface area contributed by atoms with Gasteiger partial charge in [-0.3, -0.25) is 5.41 Å². The minimum absolute atomic E-state index is 0.0654. The molecule has 1 aromatic rings. The summed E-state index contributed by atoms with van der Waals surface area (Å²) in [5.74, 6) is 1.83. The van der Waals surface area contributed by atoms with Gasteiger partial charge in [0, 0.05) is 24.0 Å². The van der Waals surface area contributed by atoms with E-state index in [1.165, 1.54) is 11.8 Å². The quantitative estimate of drug-likeness (QED) is 0.433. The molecule has 0 saturated carbocycles. The Kier molecular flexibility index (Phi) is 9.37. The average molecular weight is 293 g/mol. The van der Waals surface area contributed by atoms with E-state index in [0.717, 1.165) is 16.9 Å². The predicted octanol–water partition coefficient (Wildman–Crippen LogP) is 1.97. The minimum Gasteiger partial charge on any atom is -0.379 e. The molecule has 0 atom stereocenters. The lowest BCUT2D eigenvalue weighted by molar-refractivity contribution is 1.27. The Balaban J connectivity index is 0.00000154. The molecule has 0 spiro atoms. The molecule has 7 heteroatoms. The van der Waals surface area contributed by atoms with Crippen LogP contribution in [-0.2, 0) is 11.5 Å². The number of rotatable bonds is 5. The average Bonchev–Trinajstić information content (AvgIpc) is 2.44. The molecule has 0 fully saturated rings. The van der Waals surface area contributed by atoms with Gasteiger partial charge in [0.15, 0.2) is 5.17 Å². The van der Waals surface area contributed by atoms with Crippen molar-refractivity contribution in [2.45, 2.75) is 11.5 Å². The number of thioether (sulfide) groups is 2. The number of nitrogens with two attached hydrogens (primary N) is 2. The summed E-state index contributed by atoms with van der Waals surface area (Å²) in [6, 6.07) is 7.97. The van der Waals surface area contributed by atoms with Crippen molar-refractivity contribution in [3.05, 3.63) is 34.9 Å². The third-order valence-electron chi connectivity index (χ3n) is 2.11. The maximum Gasteiger partial charge on any atom is 0.151 e. The van der Waals surface area contributed by atoms with E-state index < -0.39 is 0 Å². The van der Waals surface area contributed by atoms with Crippen LogP contribution in [-0.4, -0.2) is 11.0 Å². The Morgan fingerprint density at radius 2 is 1.89 bits per heavy atom. The molecule has 0 aliphatic heterocycles. The number of nitriles is 2. The smallest absolute Gasteiger partial charge is 0.151 e. The Morgan fingerprint density at radius 1 is 1.32 bits per heavy atom. The lowest BCUT2D eigenvalue weighted by atomic mass is 10.0. The van der Waals surface area contributed by atoms with Crippen molar-refractivity contribution >= 4 is 28.7 Å². The number of amidine groups is 1. The molecule has 5 N–H and O–H groups in total. The van der Waals surface area contributed by atoms with Crippen molar-refractivity contribution in [2.75, 3.05) is 5.88 Å². The molecule has 0 aliphatic rings. The summed E-state index contributed by atoms with van der Waals surface area (Å²) in [4.78, 5) is 0. The van der Waals surface area contributed by atoms with Gasteiger partial charge in [0.25, 0.3) is 0 Å². The SMILES string of the molecule is C#N.N#Cc1c(CSCN)cccc1CSC(=N)N. The van der Waals surface area contributed by atoms with Gasteiger partial charge in [-0.1, -0.05) is 30.0 Å². The summed E-state index contributed by atoms with van der Waals surface area (Å²) in [6.07, 6.45) is 0. The second-order valence-electron chi connectivity index (χ2n) is 3.23. The first kappa shape index (κ1) is 17.3. The predicted molar refractivity (Wildman–Crippen MR) is 81.4 cm³/mol. The van der Waals surface area contributed by atoms with Crippen LogP contribution in [0, 0.1) is 28.6 Å². The summed E-state index contributed by atoms with van der Waals surface area (Å²) in [5, 5.41) is 22.9. The molecule has 0 amide bonds. The Hall–Kier alpha value is -1.67. The molecule has 0 radical (unpaired) electrons. The first-order valence-electron chi connectivity index (χ1n) is 5.20. The van der Waals surface area contributed by atoms with Crippen molar-refractivity contribution in [2.24, 2.45) is 11.5 Å². The first-order valence-corrected chi connectivity index (χ1v) is 7.34. The lowest BCUT2D eigenvalue weighted by Crippen LogP contribution is -2.05. The van der Waals surface area contributed by atoms with E-state index in [1.807, 2.05) is 18.2 Å². The van der Waals surface area contributed by atoms with Crippen LogP contribution < -0.4 is 11.5 Å². The van der Waals surface area contributed by atoms with E-state index in [1.54, 1.807) is 11.8 Å². The third-order valence-corrected chi connectivity index (χ3v) is 3.62. The van der Waals surface area contributed by atoms with Crippen molar-refractivity contribution in [3.8, 4) is 12.6 Å². The molecule has 0 saturated heterocycles. The highest BCUT2D eigenvalue weighted by Gasteiger charge is 2.08. The molecule has 1 aromatic carbocycles. The van der Waals surface area contributed by atoms with Gasteiger partial charge < -0.3 is 11.5 Å². The van der Waals surface area contributed by atoms with Crippen LogP contribution in [0.15, 0.2) is 18.2 Å². The van der Waals surface area contributed by atoms with E-state index in [-0.39, 0.29) is 5.17 Å².